The van der Waals surface area contributed by atoms with Gasteiger partial charge in [-0.25, -0.2) is 0 Å². The molecule has 1 amide bonds. The molecule has 2 rings (SSSR count). The average molecular weight is 303 g/mol. The van der Waals surface area contributed by atoms with Crippen molar-refractivity contribution in [3.63, 3.8) is 0 Å². The summed E-state index contributed by atoms with van der Waals surface area (Å²) in [5.41, 5.74) is 3.95. The number of benzene rings is 1. The highest BCUT2D eigenvalue weighted by molar-refractivity contribution is 5.73. The zero-order chi connectivity index (χ0) is 16.3. The first kappa shape index (κ1) is 16.7. The lowest BCUT2D eigenvalue weighted by Crippen LogP contribution is -2.37. The minimum Gasteiger partial charge on any atom is -0.378 e. The van der Waals surface area contributed by atoms with Crippen molar-refractivity contribution in [1.82, 2.24) is 4.90 Å². The second-order valence-electron chi connectivity index (χ2n) is 6.76. The largest absolute Gasteiger partial charge is 0.378 e. The van der Waals surface area contributed by atoms with Crippen molar-refractivity contribution in [3.8, 4) is 0 Å². The van der Waals surface area contributed by atoms with Gasteiger partial charge in [-0.15, -0.1) is 0 Å². The first-order chi connectivity index (χ1) is 10.4. The van der Waals surface area contributed by atoms with E-state index in [0.717, 1.165) is 32.4 Å². The first-order valence-corrected chi connectivity index (χ1v) is 8.11. The maximum Gasteiger partial charge on any atom is 0.219 e. The van der Waals surface area contributed by atoms with Crippen LogP contribution in [0.25, 0.3) is 0 Å². The second kappa shape index (κ2) is 7.03. The molecule has 0 bridgehead atoms. The van der Waals surface area contributed by atoms with E-state index in [1.54, 1.807) is 6.92 Å². The van der Waals surface area contributed by atoms with Crippen LogP contribution in [0.5, 0.6) is 0 Å². The second-order valence-corrected chi connectivity index (χ2v) is 6.76. The molecule has 122 valence electrons. The molecule has 1 aromatic rings. The Labute approximate surface area is 134 Å². The van der Waals surface area contributed by atoms with E-state index >= 15 is 0 Å². The number of nitrogens with zero attached hydrogens (tertiary/aromatic N) is 3. The number of piperidine rings is 1. The van der Waals surface area contributed by atoms with E-state index in [4.69, 9.17) is 0 Å². The van der Waals surface area contributed by atoms with Gasteiger partial charge < -0.3 is 14.7 Å². The van der Waals surface area contributed by atoms with Gasteiger partial charge in [-0.3, -0.25) is 4.79 Å². The molecule has 0 saturated carbocycles. The maximum atomic E-state index is 11.4. The van der Waals surface area contributed by atoms with Gasteiger partial charge >= 0.3 is 0 Å². The quantitative estimate of drug-likeness (QED) is 0.855. The molecule has 1 aromatic carbocycles. The van der Waals surface area contributed by atoms with Crippen LogP contribution in [0.1, 0.15) is 25.3 Å². The number of likely N-dealkylation sites (tertiary alicyclic amines) is 1. The molecule has 0 unspecified atom stereocenters. The van der Waals surface area contributed by atoms with Crippen molar-refractivity contribution in [2.75, 3.05) is 51.1 Å². The summed E-state index contributed by atoms with van der Waals surface area (Å²) in [7, 11) is 8.37. The van der Waals surface area contributed by atoms with Crippen molar-refractivity contribution in [2.45, 2.75) is 26.2 Å². The number of hydrogen-bond acceptors (Lipinski definition) is 3. The Balaban J connectivity index is 2.08. The summed E-state index contributed by atoms with van der Waals surface area (Å²) in [6.45, 7) is 3.49. The van der Waals surface area contributed by atoms with Gasteiger partial charge in [0.05, 0.1) is 0 Å². The topological polar surface area (TPSA) is 26.8 Å². The number of amides is 1. The molecule has 0 aromatic heterocycles. The molecule has 22 heavy (non-hydrogen) atoms. The highest BCUT2D eigenvalue weighted by Gasteiger charge is 2.22. The van der Waals surface area contributed by atoms with Crippen LogP contribution in [-0.4, -0.2) is 52.1 Å². The van der Waals surface area contributed by atoms with Crippen molar-refractivity contribution in [3.05, 3.63) is 23.8 Å². The van der Waals surface area contributed by atoms with E-state index in [0.29, 0.717) is 5.92 Å². The van der Waals surface area contributed by atoms with Gasteiger partial charge in [0.25, 0.3) is 0 Å². The van der Waals surface area contributed by atoms with Crippen LogP contribution < -0.4 is 9.80 Å². The van der Waals surface area contributed by atoms with E-state index in [9.17, 15) is 4.79 Å². The molecule has 1 aliphatic heterocycles. The predicted molar refractivity (Wildman–Crippen MR) is 93.8 cm³/mol. The molecule has 0 aliphatic carbocycles. The predicted octanol–water partition coefficient (Wildman–Crippen LogP) is 2.62. The molecule has 1 aliphatic rings. The molecule has 4 heteroatoms. The fourth-order valence-corrected chi connectivity index (χ4v) is 3.18. The summed E-state index contributed by atoms with van der Waals surface area (Å²) in [5.74, 6) is 0.891. The monoisotopic (exact) mass is 303 g/mol. The molecule has 0 N–H and O–H groups in total. The fraction of sp³-hybridized carbons (Fsp3) is 0.611. The standard InChI is InChI=1S/C18H29N3O/c1-14(22)21-10-8-15(9-11-21)12-16-6-7-17(19(2)3)13-18(16)20(4)5/h6-7,13,15H,8-12H2,1-5H3. The highest BCUT2D eigenvalue weighted by atomic mass is 16.2. The number of carbonyl (C=O) groups is 1. The minimum absolute atomic E-state index is 0.211. The Kier molecular flexibility index (Phi) is 5.33. The Morgan fingerprint density at radius 1 is 1.14 bits per heavy atom. The van der Waals surface area contributed by atoms with Crippen LogP contribution in [0.4, 0.5) is 11.4 Å². The lowest BCUT2D eigenvalue weighted by Gasteiger charge is -2.32. The van der Waals surface area contributed by atoms with Gasteiger partial charge in [0.2, 0.25) is 5.91 Å². The van der Waals surface area contributed by atoms with Crippen LogP contribution in [0.3, 0.4) is 0 Å². The lowest BCUT2D eigenvalue weighted by molar-refractivity contribution is -0.130. The summed E-state index contributed by atoms with van der Waals surface area (Å²) in [4.78, 5) is 17.7. The zero-order valence-corrected chi connectivity index (χ0v) is 14.6. The molecule has 1 heterocycles. The van der Waals surface area contributed by atoms with Crippen molar-refractivity contribution in [1.29, 1.82) is 0 Å². The van der Waals surface area contributed by atoms with Crippen LogP contribution in [0.2, 0.25) is 0 Å². The molecule has 0 radical (unpaired) electrons. The third-order valence-corrected chi connectivity index (χ3v) is 4.64. The SMILES string of the molecule is CC(=O)N1CCC(Cc2ccc(N(C)C)cc2N(C)C)CC1. The van der Waals surface area contributed by atoms with Crippen LogP contribution in [-0.2, 0) is 11.2 Å². The third-order valence-electron chi connectivity index (χ3n) is 4.64. The fourth-order valence-electron chi connectivity index (χ4n) is 3.18. The zero-order valence-electron chi connectivity index (χ0n) is 14.6. The van der Waals surface area contributed by atoms with Gasteiger partial charge in [0, 0.05) is 59.6 Å². The van der Waals surface area contributed by atoms with E-state index in [1.807, 2.05) is 4.90 Å². The molecule has 1 fully saturated rings. The maximum absolute atomic E-state index is 11.4. The number of hydrogen-bond donors (Lipinski definition) is 0. The first-order valence-electron chi connectivity index (χ1n) is 8.11. The van der Waals surface area contributed by atoms with Gasteiger partial charge in [-0.1, -0.05) is 6.07 Å². The molecule has 0 atom stereocenters. The van der Waals surface area contributed by atoms with E-state index in [1.165, 1.54) is 16.9 Å². The van der Waals surface area contributed by atoms with E-state index in [2.05, 4.69) is 56.2 Å². The third kappa shape index (κ3) is 3.93. The summed E-state index contributed by atoms with van der Waals surface area (Å²) in [6.07, 6.45) is 3.33. The normalized spacial score (nSPS) is 15.8. The Morgan fingerprint density at radius 2 is 1.77 bits per heavy atom. The van der Waals surface area contributed by atoms with Crippen LogP contribution >= 0.6 is 0 Å². The van der Waals surface area contributed by atoms with Crippen LogP contribution in [0.15, 0.2) is 18.2 Å². The molecule has 1 saturated heterocycles. The summed E-state index contributed by atoms with van der Waals surface area (Å²) in [5, 5.41) is 0. The van der Waals surface area contributed by atoms with E-state index < -0.39 is 0 Å². The lowest BCUT2D eigenvalue weighted by atomic mass is 9.89. The Morgan fingerprint density at radius 3 is 2.27 bits per heavy atom. The Hall–Kier alpha value is -1.71. The minimum atomic E-state index is 0.211. The molecular weight excluding hydrogens is 274 g/mol. The summed E-state index contributed by atoms with van der Waals surface area (Å²) < 4.78 is 0. The van der Waals surface area contributed by atoms with Crippen molar-refractivity contribution >= 4 is 17.3 Å². The summed E-state index contributed by atoms with van der Waals surface area (Å²) in [6, 6.07) is 6.73. The van der Waals surface area contributed by atoms with E-state index in [-0.39, 0.29) is 5.91 Å². The number of carbonyl (C=O) groups excluding carboxylic acids is 1. The summed E-state index contributed by atoms with van der Waals surface area (Å²) >= 11 is 0. The van der Waals surface area contributed by atoms with Gasteiger partial charge in [0.15, 0.2) is 0 Å². The van der Waals surface area contributed by atoms with Gasteiger partial charge in [-0.05, 0) is 42.9 Å². The molecule has 4 nitrogen and oxygen atoms in total. The molecule has 0 spiro atoms. The number of rotatable bonds is 4. The average Bonchev–Trinajstić information content (AvgIpc) is 2.47. The highest BCUT2D eigenvalue weighted by Crippen LogP contribution is 2.30. The van der Waals surface area contributed by atoms with Crippen molar-refractivity contribution < 1.29 is 4.79 Å². The Bertz CT molecular complexity index is 517. The van der Waals surface area contributed by atoms with Gasteiger partial charge in [0.1, 0.15) is 0 Å². The van der Waals surface area contributed by atoms with Crippen LogP contribution in [0, 0.1) is 5.92 Å². The number of anilines is 2. The van der Waals surface area contributed by atoms with Gasteiger partial charge in [-0.2, -0.15) is 0 Å². The molecular formula is C18H29N3O. The van der Waals surface area contributed by atoms with Crippen molar-refractivity contribution in [2.24, 2.45) is 5.92 Å². The smallest absolute Gasteiger partial charge is 0.219 e.